The Morgan fingerprint density at radius 2 is 1.78 bits per heavy atom. The van der Waals surface area contributed by atoms with E-state index in [1.807, 2.05) is 25.1 Å². The predicted octanol–water partition coefficient (Wildman–Crippen LogP) is 4.45. The van der Waals surface area contributed by atoms with Crippen LogP contribution >= 0.6 is 24.0 Å². The largest absolute Gasteiger partial charge is 0.493 e. The molecule has 1 unspecified atom stereocenters. The third-order valence-corrected chi connectivity index (χ3v) is 5.03. The molecule has 0 saturated carbocycles. The molecule has 32 heavy (non-hydrogen) atoms. The van der Waals surface area contributed by atoms with Gasteiger partial charge in [-0.15, -0.1) is 24.0 Å². The minimum absolute atomic E-state index is 0. The molecule has 1 aliphatic rings. The number of rotatable bonds is 7. The van der Waals surface area contributed by atoms with Crippen molar-refractivity contribution in [2.75, 3.05) is 26.9 Å². The van der Waals surface area contributed by atoms with Crippen molar-refractivity contribution in [2.45, 2.75) is 26.4 Å². The Morgan fingerprint density at radius 1 is 1.09 bits per heavy atom. The van der Waals surface area contributed by atoms with Gasteiger partial charge in [-0.05, 0) is 25.0 Å². The van der Waals surface area contributed by atoms with E-state index >= 15 is 0 Å². The normalized spacial score (nSPS) is 15.9. The van der Waals surface area contributed by atoms with Gasteiger partial charge in [0.25, 0.3) is 0 Å². The van der Waals surface area contributed by atoms with E-state index in [9.17, 15) is 17.6 Å². The molecule has 1 aliphatic heterocycles. The standard InChI is InChI=1S/C22H25F4N3O2.HI/c1-13-3-4-15(19(7-13)31-12-14-5-6-30-11-14)9-28-22(27-2)29-10-16-20(25)17(23)8-18(24)21(16)26;/h3-4,7-8,14H,5-6,9-12H2,1-2H3,(H2,27,28,29);1H. The number of aryl methyl sites for hydroxylation is 1. The van der Waals surface area contributed by atoms with Gasteiger partial charge in [0.1, 0.15) is 5.75 Å². The summed E-state index contributed by atoms with van der Waals surface area (Å²) in [6.45, 7) is 3.78. The molecule has 2 aromatic carbocycles. The molecule has 0 spiro atoms. The number of benzene rings is 2. The third kappa shape index (κ3) is 6.71. The molecule has 3 rings (SSSR count). The van der Waals surface area contributed by atoms with E-state index in [2.05, 4.69) is 15.6 Å². The van der Waals surface area contributed by atoms with Crippen molar-refractivity contribution in [2.24, 2.45) is 10.9 Å². The van der Waals surface area contributed by atoms with Crippen LogP contribution < -0.4 is 15.4 Å². The van der Waals surface area contributed by atoms with Crippen molar-refractivity contribution in [1.82, 2.24) is 10.6 Å². The molecule has 1 fully saturated rings. The van der Waals surface area contributed by atoms with Crippen molar-refractivity contribution in [3.05, 3.63) is 64.2 Å². The van der Waals surface area contributed by atoms with E-state index in [0.717, 1.165) is 29.9 Å². The third-order valence-electron chi connectivity index (χ3n) is 5.03. The fourth-order valence-corrected chi connectivity index (χ4v) is 3.21. The number of aliphatic imine (C=N–C) groups is 1. The summed E-state index contributed by atoms with van der Waals surface area (Å²) in [5.74, 6) is -4.50. The quantitative estimate of drug-likeness (QED) is 0.171. The fraction of sp³-hybridized carbons (Fsp3) is 0.409. The first-order valence-corrected chi connectivity index (χ1v) is 9.95. The average molecular weight is 567 g/mol. The van der Waals surface area contributed by atoms with Gasteiger partial charge in [0.2, 0.25) is 0 Å². The highest BCUT2D eigenvalue weighted by Gasteiger charge is 2.19. The zero-order chi connectivity index (χ0) is 22.4. The van der Waals surface area contributed by atoms with E-state index < -0.39 is 35.4 Å². The first-order chi connectivity index (χ1) is 14.9. The first kappa shape index (κ1) is 26.2. The highest BCUT2D eigenvalue weighted by molar-refractivity contribution is 14.0. The van der Waals surface area contributed by atoms with Crippen LogP contribution in [0.3, 0.4) is 0 Å². The van der Waals surface area contributed by atoms with Crippen LogP contribution in [-0.4, -0.2) is 32.8 Å². The van der Waals surface area contributed by atoms with Crippen molar-refractivity contribution in [3.63, 3.8) is 0 Å². The lowest BCUT2D eigenvalue weighted by atomic mass is 10.1. The molecule has 0 bridgehead atoms. The molecule has 0 aliphatic carbocycles. The number of guanidine groups is 1. The molecular formula is C22H26F4IN3O2. The molecule has 176 valence electrons. The van der Waals surface area contributed by atoms with E-state index in [0.29, 0.717) is 25.7 Å². The molecule has 0 aromatic heterocycles. The Morgan fingerprint density at radius 3 is 2.41 bits per heavy atom. The highest BCUT2D eigenvalue weighted by atomic mass is 127. The number of halogens is 5. The Balaban J connectivity index is 0.00000363. The van der Waals surface area contributed by atoms with Gasteiger partial charge < -0.3 is 20.1 Å². The van der Waals surface area contributed by atoms with Gasteiger partial charge in [0, 0.05) is 49.9 Å². The summed E-state index contributed by atoms with van der Waals surface area (Å²) in [7, 11) is 1.47. The molecular weight excluding hydrogens is 541 g/mol. The Hall–Kier alpha value is -2.08. The Bertz CT molecular complexity index is 927. The van der Waals surface area contributed by atoms with Crippen LogP contribution in [0.1, 0.15) is 23.1 Å². The SMILES string of the molecule is CN=C(NCc1ccc(C)cc1OCC1CCOC1)NCc1c(F)c(F)cc(F)c1F.I. The minimum Gasteiger partial charge on any atom is -0.493 e. The lowest BCUT2D eigenvalue weighted by Crippen LogP contribution is -2.37. The smallest absolute Gasteiger partial charge is 0.191 e. The van der Waals surface area contributed by atoms with Crippen molar-refractivity contribution < 1.29 is 27.0 Å². The van der Waals surface area contributed by atoms with Gasteiger partial charge in [-0.2, -0.15) is 0 Å². The topological polar surface area (TPSA) is 54.9 Å². The molecule has 2 N–H and O–H groups in total. The molecule has 1 heterocycles. The molecule has 0 amide bonds. The average Bonchev–Trinajstić information content (AvgIpc) is 3.27. The first-order valence-electron chi connectivity index (χ1n) is 9.95. The monoisotopic (exact) mass is 567 g/mol. The summed E-state index contributed by atoms with van der Waals surface area (Å²) in [6.07, 6.45) is 0.962. The van der Waals surface area contributed by atoms with Crippen LogP contribution in [0.5, 0.6) is 5.75 Å². The van der Waals surface area contributed by atoms with Gasteiger partial charge in [-0.25, -0.2) is 17.6 Å². The number of hydrogen-bond donors (Lipinski definition) is 2. The van der Waals surface area contributed by atoms with Crippen LogP contribution in [0.15, 0.2) is 29.3 Å². The maximum Gasteiger partial charge on any atom is 0.191 e. The summed E-state index contributed by atoms with van der Waals surface area (Å²) in [4.78, 5) is 3.98. The van der Waals surface area contributed by atoms with Gasteiger partial charge in [-0.3, -0.25) is 4.99 Å². The second-order valence-electron chi connectivity index (χ2n) is 7.38. The molecule has 2 aromatic rings. The Kier molecular flexibility index (Phi) is 10.0. The summed E-state index contributed by atoms with van der Waals surface area (Å²) in [6, 6.07) is 5.97. The minimum atomic E-state index is -1.45. The maximum absolute atomic E-state index is 13.8. The Labute approximate surface area is 201 Å². The summed E-state index contributed by atoms with van der Waals surface area (Å²) < 4.78 is 65.8. The summed E-state index contributed by atoms with van der Waals surface area (Å²) in [5, 5.41) is 5.68. The summed E-state index contributed by atoms with van der Waals surface area (Å²) in [5.41, 5.74) is 1.17. The lowest BCUT2D eigenvalue weighted by Gasteiger charge is -2.17. The number of nitrogens with zero attached hydrogens (tertiary/aromatic N) is 1. The second-order valence-corrected chi connectivity index (χ2v) is 7.38. The van der Waals surface area contributed by atoms with Crippen LogP contribution in [0.2, 0.25) is 0 Å². The maximum atomic E-state index is 13.8. The van der Waals surface area contributed by atoms with E-state index in [1.165, 1.54) is 7.05 Å². The number of ether oxygens (including phenoxy) is 2. The van der Waals surface area contributed by atoms with E-state index in [1.54, 1.807) is 0 Å². The van der Waals surface area contributed by atoms with Crippen LogP contribution in [0.25, 0.3) is 0 Å². The van der Waals surface area contributed by atoms with Gasteiger partial charge >= 0.3 is 0 Å². The highest BCUT2D eigenvalue weighted by Crippen LogP contribution is 2.23. The molecule has 10 heteroatoms. The second kappa shape index (κ2) is 12.2. The molecule has 1 atom stereocenters. The molecule has 0 radical (unpaired) electrons. The van der Waals surface area contributed by atoms with Crippen LogP contribution in [0.4, 0.5) is 17.6 Å². The molecule has 1 saturated heterocycles. The fourth-order valence-electron chi connectivity index (χ4n) is 3.21. The van der Waals surface area contributed by atoms with Gasteiger partial charge in [-0.1, -0.05) is 12.1 Å². The van der Waals surface area contributed by atoms with Crippen LogP contribution in [-0.2, 0) is 17.8 Å². The van der Waals surface area contributed by atoms with Crippen molar-refractivity contribution in [3.8, 4) is 5.75 Å². The molecule has 5 nitrogen and oxygen atoms in total. The van der Waals surface area contributed by atoms with E-state index in [4.69, 9.17) is 9.47 Å². The lowest BCUT2D eigenvalue weighted by molar-refractivity contribution is 0.166. The van der Waals surface area contributed by atoms with Crippen molar-refractivity contribution in [1.29, 1.82) is 0 Å². The van der Waals surface area contributed by atoms with Gasteiger partial charge in [0.15, 0.2) is 29.2 Å². The van der Waals surface area contributed by atoms with Crippen molar-refractivity contribution >= 4 is 29.9 Å². The van der Waals surface area contributed by atoms with Crippen LogP contribution in [0, 0.1) is 36.1 Å². The number of hydrogen-bond acceptors (Lipinski definition) is 3. The zero-order valence-electron chi connectivity index (χ0n) is 17.8. The zero-order valence-corrected chi connectivity index (χ0v) is 20.1. The van der Waals surface area contributed by atoms with E-state index in [-0.39, 0.29) is 36.0 Å². The summed E-state index contributed by atoms with van der Waals surface area (Å²) >= 11 is 0. The number of nitrogens with one attached hydrogen (secondary N) is 2. The van der Waals surface area contributed by atoms with Gasteiger partial charge in [0.05, 0.1) is 13.2 Å². The predicted molar refractivity (Wildman–Crippen MR) is 124 cm³/mol.